The highest BCUT2D eigenvalue weighted by molar-refractivity contribution is 5.80. The summed E-state index contributed by atoms with van der Waals surface area (Å²) in [5.41, 5.74) is 2.00. The van der Waals surface area contributed by atoms with Crippen LogP contribution in [0.25, 0.3) is 0 Å². The Morgan fingerprint density at radius 1 is 0.591 bits per heavy atom. The number of nitrogens with zero attached hydrogens (tertiary/aromatic N) is 4. The van der Waals surface area contributed by atoms with Crippen LogP contribution in [0.1, 0.15) is 49.7 Å². The summed E-state index contributed by atoms with van der Waals surface area (Å²) in [6, 6.07) is 14.8. The lowest BCUT2D eigenvalue weighted by atomic mass is 10.1. The molecule has 0 fully saturated rings. The largest absolute Gasteiger partial charge is 0.414 e. The fourth-order valence-corrected chi connectivity index (χ4v) is 5.01. The molecule has 0 aromatic heterocycles. The van der Waals surface area contributed by atoms with Gasteiger partial charge in [0, 0.05) is 52.2 Å². The van der Waals surface area contributed by atoms with Crippen molar-refractivity contribution in [3.05, 3.63) is 59.7 Å². The normalized spacial score (nSPS) is 11.5. The van der Waals surface area contributed by atoms with Crippen molar-refractivity contribution < 1.29 is 37.6 Å². The molecule has 0 aliphatic carbocycles. The number of quaternary nitrogens is 2. The van der Waals surface area contributed by atoms with Crippen molar-refractivity contribution in [3.63, 3.8) is 0 Å². The molecule has 0 atom stereocenters. The first-order valence-corrected chi connectivity index (χ1v) is 15.2. The maximum absolute atomic E-state index is 12.7. The van der Waals surface area contributed by atoms with Gasteiger partial charge in [-0.2, -0.15) is 0 Å². The van der Waals surface area contributed by atoms with E-state index in [2.05, 4.69) is 0 Å². The molecule has 0 N–H and O–H groups in total. The van der Waals surface area contributed by atoms with Crippen LogP contribution in [0.4, 0.5) is 9.59 Å². The Bertz CT molecular complexity index is 1170. The molecule has 0 radical (unpaired) electrons. The number of carbonyl (C=O) groups excluding carboxylic acids is 4. The second kappa shape index (κ2) is 16.9. The number of carbonyl (C=O) groups is 4. The summed E-state index contributed by atoms with van der Waals surface area (Å²) in [6.07, 6.45) is 3.68. The molecule has 2 aromatic carbocycles. The van der Waals surface area contributed by atoms with E-state index in [9.17, 15) is 19.2 Å². The molecule has 0 unspecified atom stereocenters. The molecule has 2 aromatic rings. The van der Waals surface area contributed by atoms with Gasteiger partial charge >= 0.3 is 12.2 Å². The highest BCUT2D eigenvalue weighted by Crippen LogP contribution is 2.20. The summed E-state index contributed by atoms with van der Waals surface area (Å²) in [7, 11) is 14.7. The number of likely N-dealkylation sites (N-methyl/N-ethyl adjacent to an activating group) is 2. The molecule has 0 aliphatic rings. The van der Waals surface area contributed by atoms with E-state index in [1.165, 1.54) is 9.80 Å². The second-order valence-electron chi connectivity index (χ2n) is 13.3. The number of ether oxygens (including phenoxy) is 2. The molecule has 44 heavy (non-hydrogen) atoms. The SMILES string of the molecule is CN(C)C(=O)Oc1cccc(C[N+](C)(C)CC(=O)CCCCCCC(=O)C[N+](C)(C)Cc2cccc(OC(=O)N(C)C)c2)c1. The van der Waals surface area contributed by atoms with E-state index in [1.54, 1.807) is 40.3 Å². The fourth-order valence-electron chi connectivity index (χ4n) is 5.01. The zero-order valence-electron chi connectivity index (χ0n) is 27.9. The van der Waals surface area contributed by atoms with Crippen LogP contribution in [-0.4, -0.2) is 112 Å². The highest BCUT2D eigenvalue weighted by Gasteiger charge is 2.22. The lowest BCUT2D eigenvalue weighted by Gasteiger charge is -2.29. The highest BCUT2D eigenvalue weighted by atomic mass is 16.6. The maximum Gasteiger partial charge on any atom is 0.414 e. The van der Waals surface area contributed by atoms with Gasteiger partial charge in [-0.15, -0.1) is 0 Å². The van der Waals surface area contributed by atoms with Crippen LogP contribution in [0.15, 0.2) is 48.5 Å². The molecule has 2 rings (SSSR count). The van der Waals surface area contributed by atoms with Crippen molar-refractivity contribution in [1.29, 1.82) is 0 Å². The number of ketones is 2. The number of unbranched alkanes of at least 4 members (excludes halogenated alkanes) is 3. The van der Waals surface area contributed by atoms with E-state index in [1.807, 2.05) is 64.6 Å². The number of rotatable bonds is 17. The summed E-state index contributed by atoms with van der Waals surface area (Å²) in [5, 5.41) is 0. The molecular weight excluding hydrogens is 560 g/mol. The van der Waals surface area contributed by atoms with Crippen molar-refractivity contribution in [3.8, 4) is 11.5 Å². The van der Waals surface area contributed by atoms with Gasteiger partial charge in [-0.05, 0) is 37.1 Å². The number of amides is 2. The first kappa shape index (κ1) is 36.4. The van der Waals surface area contributed by atoms with Crippen LogP contribution >= 0.6 is 0 Å². The smallest absolute Gasteiger partial charge is 0.410 e. The third kappa shape index (κ3) is 14.1. The standard InChI is InChI=1S/C34H52N4O6/c1-35(2)33(41)43-31-19-13-15-27(21-31)23-37(5,6)25-29(39)17-11-9-10-12-18-30(40)26-38(7,8)24-28-16-14-20-32(22-28)44-34(42)36(3)4/h13-16,19-22H,9-12,17-18,23-26H2,1-8H3/q+2. The van der Waals surface area contributed by atoms with Crippen molar-refractivity contribution in [2.24, 2.45) is 0 Å². The van der Waals surface area contributed by atoms with Crippen LogP contribution in [0.2, 0.25) is 0 Å². The first-order valence-electron chi connectivity index (χ1n) is 15.2. The third-order valence-electron chi connectivity index (χ3n) is 7.03. The Morgan fingerprint density at radius 2 is 0.955 bits per heavy atom. The Morgan fingerprint density at radius 3 is 1.30 bits per heavy atom. The van der Waals surface area contributed by atoms with E-state index >= 15 is 0 Å². The van der Waals surface area contributed by atoms with Gasteiger partial charge in [-0.25, -0.2) is 9.59 Å². The number of Topliss-reactive ketones (excluding diaryl/α,β-unsaturated/α-hetero) is 2. The number of hydrogen-bond donors (Lipinski definition) is 0. The van der Waals surface area contributed by atoms with Crippen LogP contribution in [0.5, 0.6) is 11.5 Å². The molecule has 0 spiro atoms. The summed E-state index contributed by atoms with van der Waals surface area (Å²) in [4.78, 5) is 51.9. The Labute approximate surface area is 263 Å². The molecular formula is C34H52N4O6+2. The van der Waals surface area contributed by atoms with Gasteiger partial charge in [0.1, 0.15) is 37.7 Å². The van der Waals surface area contributed by atoms with E-state index in [0.717, 1.165) is 36.8 Å². The van der Waals surface area contributed by atoms with Crippen molar-refractivity contribution in [1.82, 2.24) is 9.80 Å². The minimum Gasteiger partial charge on any atom is -0.410 e. The Hall–Kier alpha value is -3.76. The molecule has 0 saturated carbocycles. The van der Waals surface area contributed by atoms with Crippen LogP contribution in [-0.2, 0) is 22.7 Å². The van der Waals surface area contributed by atoms with Gasteiger partial charge in [0.2, 0.25) is 0 Å². The van der Waals surface area contributed by atoms with Crippen LogP contribution < -0.4 is 9.47 Å². The topological polar surface area (TPSA) is 93.2 Å². The summed E-state index contributed by atoms with van der Waals surface area (Å²) in [5.74, 6) is 1.42. The van der Waals surface area contributed by atoms with Crippen molar-refractivity contribution in [2.75, 3.05) is 69.5 Å². The lowest BCUT2D eigenvalue weighted by Crippen LogP contribution is -2.43. The monoisotopic (exact) mass is 612 g/mol. The molecule has 0 heterocycles. The Kier molecular flexibility index (Phi) is 14.0. The van der Waals surface area contributed by atoms with E-state index in [-0.39, 0.29) is 11.6 Å². The summed E-state index contributed by atoms with van der Waals surface area (Å²) in [6.45, 7) is 2.14. The van der Waals surface area contributed by atoms with Gasteiger partial charge in [0.15, 0.2) is 11.6 Å². The molecule has 242 valence electrons. The summed E-state index contributed by atoms with van der Waals surface area (Å²) < 4.78 is 11.7. The minimum atomic E-state index is -0.428. The lowest BCUT2D eigenvalue weighted by molar-refractivity contribution is -0.895. The van der Waals surface area contributed by atoms with Crippen LogP contribution in [0.3, 0.4) is 0 Å². The third-order valence-corrected chi connectivity index (χ3v) is 7.03. The van der Waals surface area contributed by atoms with Crippen LogP contribution in [0, 0.1) is 0 Å². The predicted octanol–water partition coefficient (Wildman–Crippen LogP) is 5.14. The van der Waals surface area contributed by atoms with E-state index < -0.39 is 12.2 Å². The molecule has 10 nitrogen and oxygen atoms in total. The van der Waals surface area contributed by atoms with Gasteiger partial charge in [0.25, 0.3) is 0 Å². The average Bonchev–Trinajstić information content (AvgIpc) is 2.89. The average molecular weight is 613 g/mol. The van der Waals surface area contributed by atoms with Crippen molar-refractivity contribution in [2.45, 2.75) is 51.6 Å². The molecule has 0 saturated heterocycles. The molecule has 0 bridgehead atoms. The second-order valence-corrected chi connectivity index (χ2v) is 13.3. The molecule has 0 aliphatic heterocycles. The minimum absolute atomic E-state index is 0.223. The first-order chi connectivity index (χ1) is 20.5. The van der Waals surface area contributed by atoms with Crippen molar-refractivity contribution >= 4 is 23.8 Å². The van der Waals surface area contributed by atoms with Gasteiger partial charge < -0.3 is 28.2 Å². The van der Waals surface area contributed by atoms with E-state index in [0.29, 0.717) is 59.5 Å². The summed E-state index contributed by atoms with van der Waals surface area (Å²) >= 11 is 0. The van der Waals surface area contributed by atoms with Gasteiger partial charge in [0.05, 0.1) is 28.2 Å². The van der Waals surface area contributed by atoms with E-state index in [4.69, 9.17) is 9.47 Å². The Balaban J connectivity index is 1.68. The number of hydrogen-bond acceptors (Lipinski definition) is 6. The van der Waals surface area contributed by atoms with Gasteiger partial charge in [-0.1, -0.05) is 37.1 Å². The fraction of sp³-hybridized carbons (Fsp3) is 0.529. The predicted molar refractivity (Wildman–Crippen MR) is 171 cm³/mol. The molecule has 2 amide bonds. The quantitative estimate of drug-likeness (QED) is 0.182. The number of benzene rings is 2. The molecule has 10 heteroatoms. The zero-order chi connectivity index (χ0) is 32.9. The zero-order valence-corrected chi connectivity index (χ0v) is 27.9. The van der Waals surface area contributed by atoms with Gasteiger partial charge in [-0.3, -0.25) is 9.59 Å². The maximum atomic E-state index is 12.7.